The fraction of sp³-hybridized carbons (Fsp3) is 0.0833. The van der Waals surface area contributed by atoms with Crippen molar-refractivity contribution in [3.63, 3.8) is 0 Å². The number of hydrogen-bond acceptors (Lipinski definition) is 4. The van der Waals surface area contributed by atoms with Gasteiger partial charge in [0.05, 0.1) is 17.1 Å². The summed E-state index contributed by atoms with van der Waals surface area (Å²) >= 11 is 0. The first-order valence-electron chi connectivity index (χ1n) is 9.79. The van der Waals surface area contributed by atoms with E-state index in [1.54, 1.807) is 60.7 Å². The van der Waals surface area contributed by atoms with Crippen LogP contribution in [-0.4, -0.2) is 26.8 Å². The van der Waals surface area contributed by atoms with Gasteiger partial charge in [0.15, 0.2) is 0 Å². The van der Waals surface area contributed by atoms with Gasteiger partial charge < -0.3 is 10.6 Å². The molecule has 3 rings (SSSR count). The van der Waals surface area contributed by atoms with Crippen LogP contribution in [0.2, 0.25) is 0 Å². The lowest BCUT2D eigenvalue weighted by Gasteiger charge is -2.23. The minimum absolute atomic E-state index is 0.00291. The summed E-state index contributed by atoms with van der Waals surface area (Å²) in [5.74, 6) is -0.648. The molecule has 0 saturated heterocycles. The highest BCUT2D eigenvalue weighted by atomic mass is 32.2. The lowest BCUT2D eigenvalue weighted by Crippen LogP contribution is -2.31. The quantitative estimate of drug-likeness (QED) is 0.502. The van der Waals surface area contributed by atoms with Crippen LogP contribution >= 0.6 is 0 Å². The Labute approximate surface area is 187 Å². The van der Waals surface area contributed by atoms with Gasteiger partial charge in [0.25, 0.3) is 15.9 Å². The molecule has 0 aliphatic heterocycles. The van der Waals surface area contributed by atoms with E-state index in [1.165, 1.54) is 35.5 Å². The van der Waals surface area contributed by atoms with Crippen LogP contribution in [0.5, 0.6) is 0 Å². The molecule has 0 radical (unpaired) electrons. The summed E-state index contributed by atoms with van der Waals surface area (Å²) in [5.41, 5.74) is 1.81. The monoisotopic (exact) mass is 449 g/mol. The molecule has 0 aromatic heterocycles. The van der Waals surface area contributed by atoms with E-state index in [4.69, 9.17) is 0 Å². The molecule has 7 nitrogen and oxygen atoms in total. The van der Waals surface area contributed by atoms with Crippen LogP contribution < -0.4 is 14.9 Å². The van der Waals surface area contributed by atoms with Gasteiger partial charge in [0, 0.05) is 23.9 Å². The van der Waals surface area contributed by atoms with E-state index in [0.29, 0.717) is 17.1 Å². The van der Waals surface area contributed by atoms with Crippen molar-refractivity contribution in [3.05, 3.63) is 97.1 Å². The van der Waals surface area contributed by atoms with Crippen LogP contribution in [-0.2, 0) is 14.8 Å². The number of amides is 2. The van der Waals surface area contributed by atoms with Crippen LogP contribution in [0.3, 0.4) is 0 Å². The standard InChI is InChI=1S/C24H23N3O4S/c1-3-16-27(22-9-5-4-6-10-22)32(30,31)23-11-7-8-19(17-23)24(29)26-21-14-12-20(13-15-21)25-18(2)28/h3-15,17H,1,16H2,2H3,(H,25,28)(H,26,29). The van der Waals surface area contributed by atoms with Crippen molar-refractivity contribution in [2.45, 2.75) is 11.8 Å². The smallest absolute Gasteiger partial charge is 0.264 e. The number of carbonyl (C=O) groups excluding carboxylic acids is 2. The Bertz CT molecular complexity index is 1220. The number of carbonyl (C=O) groups is 2. The van der Waals surface area contributed by atoms with E-state index in [0.717, 1.165) is 0 Å². The molecule has 0 fully saturated rings. The minimum Gasteiger partial charge on any atom is -0.326 e. The second kappa shape index (κ2) is 9.93. The molecule has 2 N–H and O–H groups in total. The molecule has 0 spiro atoms. The maximum absolute atomic E-state index is 13.3. The Hall–Kier alpha value is -3.91. The van der Waals surface area contributed by atoms with Crippen LogP contribution in [0, 0.1) is 0 Å². The first kappa shape index (κ1) is 22.8. The molecule has 8 heteroatoms. The Morgan fingerprint density at radius 1 is 0.906 bits per heavy atom. The SMILES string of the molecule is C=CCN(c1ccccc1)S(=O)(=O)c1cccc(C(=O)Nc2ccc(NC(C)=O)cc2)c1. The van der Waals surface area contributed by atoms with Gasteiger partial charge in [-0.15, -0.1) is 6.58 Å². The maximum atomic E-state index is 13.3. The first-order chi connectivity index (χ1) is 15.3. The molecule has 0 heterocycles. The van der Waals surface area contributed by atoms with Crippen molar-refractivity contribution in [1.82, 2.24) is 0 Å². The van der Waals surface area contributed by atoms with E-state index in [-0.39, 0.29) is 22.9 Å². The van der Waals surface area contributed by atoms with Gasteiger partial charge in [-0.2, -0.15) is 0 Å². The molecule has 0 aliphatic carbocycles. The number of anilines is 3. The van der Waals surface area contributed by atoms with Crippen LogP contribution in [0.25, 0.3) is 0 Å². The third-order valence-corrected chi connectivity index (χ3v) is 6.28. The summed E-state index contributed by atoms with van der Waals surface area (Å²) < 4.78 is 27.8. The second-order valence-electron chi connectivity index (χ2n) is 6.90. The summed E-state index contributed by atoms with van der Waals surface area (Å²) in [5, 5.41) is 5.37. The molecule has 164 valence electrons. The van der Waals surface area contributed by atoms with Gasteiger partial charge in [-0.25, -0.2) is 8.42 Å². The molecule has 2 amide bonds. The van der Waals surface area contributed by atoms with Crippen molar-refractivity contribution >= 4 is 38.9 Å². The molecule has 3 aromatic carbocycles. The largest absolute Gasteiger partial charge is 0.326 e. The molecular weight excluding hydrogens is 426 g/mol. The Kier molecular flexibility index (Phi) is 7.07. The van der Waals surface area contributed by atoms with Crippen LogP contribution in [0.15, 0.2) is 96.4 Å². The predicted molar refractivity (Wildman–Crippen MR) is 126 cm³/mol. The van der Waals surface area contributed by atoms with E-state index >= 15 is 0 Å². The van der Waals surface area contributed by atoms with Gasteiger partial charge in [-0.3, -0.25) is 13.9 Å². The highest BCUT2D eigenvalue weighted by molar-refractivity contribution is 7.92. The topological polar surface area (TPSA) is 95.6 Å². The number of rotatable bonds is 8. The van der Waals surface area contributed by atoms with Crippen molar-refractivity contribution in [2.24, 2.45) is 0 Å². The number of nitrogens with one attached hydrogen (secondary N) is 2. The molecule has 0 unspecified atom stereocenters. The molecule has 0 saturated carbocycles. The van der Waals surface area contributed by atoms with Crippen molar-refractivity contribution in [2.75, 3.05) is 21.5 Å². The number of para-hydroxylation sites is 1. The minimum atomic E-state index is -3.92. The van der Waals surface area contributed by atoms with Crippen molar-refractivity contribution < 1.29 is 18.0 Å². The predicted octanol–water partition coefficient (Wildman–Crippen LogP) is 4.28. The van der Waals surface area contributed by atoms with Gasteiger partial charge in [-0.05, 0) is 54.6 Å². The maximum Gasteiger partial charge on any atom is 0.264 e. The van der Waals surface area contributed by atoms with E-state index in [1.807, 2.05) is 0 Å². The lowest BCUT2D eigenvalue weighted by atomic mass is 10.2. The van der Waals surface area contributed by atoms with Gasteiger partial charge in [0.1, 0.15) is 0 Å². The number of sulfonamides is 1. The van der Waals surface area contributed by atoms with E-state index in [2.05, 4.69) is 17.2 Å². The van der Waals surface area contributed by atoms with E-state index < -0.39 is 15.9 Å². The summed E-state index contributed by atoms with van der Waals surface area (Å²) in [6.45, 7) is 5.15. The van der Waals surface area contributed by atoms with Gasteiger partial charge in [0.2, 0.25) is 5.91 Å². The average molecular weight is 450 g/mol. The van der Waals surface area contributed by atoms with Gasteiger partial charge in [-0.1, -0.05) is 30.3 Å². The van der Waals surface area contributed by atoms with Gasteiger partial charge >= 0.3 is 0 Å². The Morgan fingerprint density at radius 3 is 2.12 bits per heavy atom. The Balaban J connectivity index is 1.84. The zero-order chi connectivity index (χ0) is 23.1. The molecule has 3 aromatic rings. The molecule has 0 aliphatic rings. The summed E-state index contributed by atoms with van der Waals surface area (Å²) in [6, 6.07) is 21.2. The van der Waals surface area contributed by atoms with Crippen LogP contribution in [0.1, 0.15) is 17.3 Å². The first-order valence-corrected chi connectivity index (χ1v) is 11.2. The fourth-order valence-corrected chi connectivity index (χ4v) is 4.50. The zero-order valence-electron chi connectivity index (χ0n) is 17.5. The van der Waals surface area contributed by atoms with Crippen molar-refractivity contribution in [3.8, 4) is 0 Å². The fourth-order valence-electron chi connectivity index (χ4n) is 3.02. The average Bonchev–Trinajstić information content (AvgIpc) is 2.79. The highest BCUT2D eigenvalue weighted by Gasteiger charge is 2.24. The zero-order valence-corrected chi connectivity index (χ0v) is 18.3. The third kappa shape index (κ3) is 5.41. The molecule has 32 heavy (non-hydrogen) atoms. The second-order valence-corrected chi connectivity index (χ2v) is 8.76. The molecule has 0 bridgehead atoms. The normalized spacial score (nSPS) is 10.8. The number of nitrogens with zero attached hydrogens (tertiary/aromatic N) is 1. The Morgan fingerprint density at radius 2 is 1.53 bits per heavy atom. The summed E-state index contributed by atoms with van der Waals surface area (Å²) in [6.07, 6.45) is 1.51. The summed E-state index contributed by atoms with van der Waals surface area (Å²) in [7, 11) is -3.92. The third-order valence-electron chi connectivity index (χ3n) is 4.49. The molecule has 0 atom stereocenters. The molecular formula is C24H23N3O4S. The highest BCUT2D eigenvalue weighted by Crippen LogP contribution is 2.24. The number of benzene rings is 3. The van der Waals surface area contributed by atoms with E-state index in [9.17, 15) is 18.0 Å². The number of hydrogen-bond donors (Lipinski definition) is 2. The summed E-state index contributed by atoms with van der Waals surface area (Å²) in [4.78, 5) is 23.8. The van der Waals surface area contributed by atoms with Crippen LogP contribution in [0.4, 0.5) is 17.1 Å². The van der Waals surface area contributed by atoms with Crippen molar-refractivity contribution in [1.29, 1.82) is 0 Å². The lowest BCUT2D eigenvalue weighted by molar-refractivity contribution is -0.114.